The summed E-state index contributed by atoms with van der Waals surface area (Å²) in [7, 11) is -3.53. The summed E-state index contributed by atoms with van der Waals surface area (Å²) in [6.45, 7) is 7.11. The highest BCUT2D eigenvalue weighted by Crippen LogP contribution is 2.26. The van der Waals surface area contributed by atoms with Crippen molar-refractivity contribution in [1.29, 1.82) is 0 Å². The van der Waals surface area contributed by atoms with Crippen LogP contribution >= 0.6 is 0 Å². The first-order valence-corrected chi connectivity index (χ1v) is 11.3. The molecule has 0 atom stereocenters. The van der Waals surface area contributed by atoms with Crippen LogP contribution in [-0.4, -0.2) is 37.7 Å². The van der Waals surface area contributed by atoms with Crippen molar-refractivity contribution in [2.24, 2.45) is 0 Å². The molecule has 3 rings (SSSR count). The summed E-state index contributed by atoms with van der Waals surface area (Å²) < 4.78 is 38.5. The molecule has 1 aliphatic rings. The number of piperidine rings is 1. The van der Waals surface area contributed by atoms with E-state index in [1.54, 1.807) is 4.90 Å². The number of hydrogen-bond acceptors (Lipinski definition) is 3. The zero-order valence-electron chi connectivity index (χ0n) is 17.0. The van der Waals surface area contributed by atoms with Gasteiger partial charge in [0.25, 0.3) is 0 Å². The maximum atomic E-state index is 13.1. The number of likely N-dealkylation sites (tertiary alicyclic amines) is 1. The second-order valence-electron chi connectivity index (χ2n) is 8.44. The second-order valence-corrected chi connectivity index (χ2v) is 10.7. The Labute approximate surface area is 171 Å². The molecular weight excluding hydrogens is 391 g/mol. The number of rotatable bonds is 3. The number of carbonyl (C=O) groups is 1. The Morgan fingerprint density at radius 1 is 1.00 bits per heavy atom. The largest absolute Gasteiger partial charge is 0.324 e. The molecule has 156 valence electrons. The number of hydrogen-bond donors (Lipinski definition) is 1. The van der Waals surface area contributed by atoms with Crippen LogP contribution in [0.2, 0.25) is 0 Å². The van der Waals surface area contributed by atoms with E-state index in [2.05, 4.69) is 26.1 Å². The van der Waals surface area contributed by atoms with Crippen LogP contribution in [0.4, 0.5) is 14.9 Å². The van der Waals surface area contributed by atoms with E-state index in [9.17, 15) is 17.6 Å². The molecule has 0 bridgehead atoms. The van der Waals surface area contributed by atoms with Crippen molar-refractivity contribution in [3.63, 3.8) is 0 Å². The van der Waals surface area contributed by atoms with Gasteiger partial charge in [0.05, 0.1) is 10.1 Å². The summed E-state index contributed by atoms with van der Waals surface area (Å²) in [5.74, 6) is -0.467. The highest BCUT2D eigenvalue weighted by molar-refractivity contribution is 7.92. The number of anilines is 1. The topological polar surface area (TPSA) is 66.5 Å². The van der Waals surface area contributed by atoms with Gasteiger partial charge in [0.1, 0.15) is 5.82 Å². The van der Waals surface area contributed by atoms with Crippen molar-refractivity contribution in [3.8, 4) is 0 Å². The minimum Gasteiger partial charge on any atom is -0.324 e. The van der Waals surface area contributed by atoms with Crippen molar-refractivity contribution < 1.29 is 17.6 Å². The molecule has 7 heteroatoms. The van der Waals surface area contributed by atoms with Crippen molar-refractivity contribution >= 4 is 21.6 Å². The molecule has 1 saturated heterocycles. The van der Waals surface area contributed by atoms with Gasteiger partial charge in [0.15, 0.2) is 9.84 Å². The van der Waals surface area contributed by atoms with E-state index < -0.39 is 20.9 Å². The molecule has 5 nitrogen and oxygen atoms in total. The van der Waals surface area contributed by atoms with Crippen LogP contribution in [-0.2, 0) is 15.3 Å². The Morgan fingerprint density at radius 3 is 2.07 bits per heavy atom. The maximum Gasteiger partial charge on any atom is 0.321 e. The Morgan fingerprint density at radius 2 is 1.55 bits per heavy atom. The molecule has 1 heterocycles. The van der Waals surface area contributed by atoms with E-state index in [1.807, 2.05) is 24.3 Å². The molecule has 2 aromatic carbocycles. The summed E-state index contributed by atoms with van der Waals surface area (Å²) in [6, 6.07) is 12.4. The number of amides is 2. The fourth-order valence-corrected chi connectivity index (χ4v) is 5.17. The van der Waals surface area contributed by atoms with E-state index in [0.29, 0.717) is 31.6 Å². The first-order valence-electron chi connectivity index (χ1n) is 9.73. The number of nitrogens with one attached hydrogen (secondary N) is 1. The van der Waals surface area contributed by atoms with Crippen molar-refractivity contribution in [2.75, 3.05) is 18.4 Å². The van der Waals surface area contributed by atoms with E-state index in [0.717, 1.165) is 12.1 Å². The van der Waals surface area contributed by atoms with Gasteiger partial charge >= 0.3 is 6.03 Å². The Kier molecular flexibility index (Phi) is 5.98. The Balaban J connectivity index is 1.59. The van der Waals surface area contributed by atoms with Gasteiger partial charge in [-0.15, -0.1) is 0 Å². The fraction of sp³-hybridized carbons (Fsp3) is 0.409. The zero-order valence-corrected chi connectivity index (χ0v) is 17.8. The molecule has 1 fully saturated rings. The molecular formula is C22H27FN2O3S. The number of halogens is 1. The van der Waals surface area contributed by atoms with Crippen LogP contribution < -0.4 is 5.32 Å². The molecule has 2 aromatic rings. The van der Waals surface area contributed by atoms with E-state index in [1.165, 1.54) is 17.7 Å². The van der Waals surface area contributed by atoms with Crippen molar-refractivity contribution in [1.82, 2.24) is 4.90 Å². The van der Waals surface area contributed by atoms with Gasteiger partial charge in [-0.3, -0.25) is 0 Å². The molecule has 0 aliphatic carbocycles. The minimum absolute atomic E-state index is 0.0421. The third-order valence-electron chi connectivity index (χ3n) is 5.31. The van der Waals surface area contributed by atoms with Gasteiger partial charge in [-0.25, -0.2) is 17.6 Å². The lowest BCUT2D eigenvalue weighted by Gasteiger charge is -2.31. The smallest absolute Gasteiger partial charge is 0.321 e. The summed E-state index contributed by atoms with van der Waals surface area (Å²) >= 11 is 0. The van der Waals surface area contributed by atoms with Crippen LogP contribution in [0.3, 0.4) is 0 Å². The molecule has 29 heavy (non-hydrogen) atoms. The lowest BCUT2D eigenvalue weighted by atomic mass is 9.87. The lowest BCUT2D eigenvalue weighted by molar-refractivity contribution is 0.200. The molecule has 2 amide bonds. The average molecular weight is 419 g/mol. The summed E-state index contributed by atoms with van der Waals surface area (Å²) in [5.41, 5.74) is 1.94. The number of carbonyl (C=O) groups excluding carboxylic acids is 1. The van der Waals surface area contributed by atoms with Crippen LogP contribution in [0.1, 0.15) is 39.2 Å². The van der Waals surface area contributed by atoms with Crippen LogP contribution in [0.25, 0.3) is 0 Å². The molecule has 0 radical (unpaired) electrons. The van der Waals surface area contributed by atoms with Crippen molar-refractivity contribution in [2.45, 2.75) is 49.2 Å². The Hall–Kier alpha value is -2.41. The highest BCUT2D eigenvalue weighted by atomic mass is 32.2. The quantitative estimate of drug-likeness (QED) is 0.741. The predicted octanol–water partition coefficient (Wildman–Crippen LogP) is 4.59. The third kappa shape index (κ3) is 4.96. The standard InChI is InChI=1S/C22H27FN2O3S/c1-22(2,3)16-4-8-18(9-5-16)24-21(26)25-14-12-20(13-15-25)29(27,28)19-10-6-17(23)7-11-19/h4-11,20H,12-15H2,1-3H3,(H,24,26). The fourth-order valence-electron chi connectivity index (χ4n) is 3.44. The van der Waals surface area contributed by atoms with Gasteiger partial charge in [-0.2, -0.15) is 0 Å². The molecule has 0 aromatic heterocycles. The van der Waals surface area contributed by atoms with E-state index in [-0.39, 0.29) is 16.3 Å². The summed E-state index contributed by atoms with van der Waals surface area (Å²) in [4.78, 5) is 14.3. The van der Waals surface area contributed by atoms with Gasteiger partial charge in [0, 0.05) is 18.8 Å². The number of benzene rings is 2. The summed E-state index contributed by atoms with van der Waals surface area (Å²) in [6.07, 6.45) is 0.714. The number of sulfone groups is 1. The van der Waals surface area contributed by atoms with Crippen LogP contribution in [0, 0.1) is 5.82 Å². The third-order valence-corrected chi connectivity index (χ3v) is 7.59. The molecule has 0 unspecified atom stereocenters. The van der Waals surface area contributed by atoms with Gasteiger partial charge in [-0.1, -0.05) is 32.9 Å². The molecule has 0 spiro atoms. The lowest BCUT2D eigenvalue weighted by Crippen LogP contribution is -2.44. The average Bonchev–Trinajstić information content (AvgIpc) is 2.68. The van der Waals surface area contributed by atoms with Gasteiger partial charge in [-0.05, 0) is 60.2 Å². The predicted molar refractivity (Wildman–Crippen MR) is 112 cm³/mol. The van der Waals surface area contributed by atoms with Gasteiger partial charge in [0.2, 0.25) is 0 Å². The normalized spacial score (nSPS) is 15.9. The molecule has 0 saturated carbocycles. The second kappa shape index (κ2) is 8.14. The number of urea groups is 1. The van der Waals surface area contributed by atoms with E-state index >= 15 is 0 Å². The minimum atomic E-state index is -3.53. The molecule has 1 N–H and O–H groups in total. The summed E-state index contributed by atoms with van der Waals surface area (Å²) in [5, 5.41) is 2.31. The highest BCUT2D eigenvalue weighted by Gasteiger charge is 2.32. The van der Waals surface area contributed by atoms with E-state index in [4.69, 9.17) is 0 Å². The maximum absolute atomic E-state index is 13.1. The van der Waals surface area contributed by atoms with Gasteiger partial charge < -0.3 is 10.2 Å². The first-order chi connectivity index (χ1) is 13.6. The van der Waals surface area contributed by atoms with Crippen LogP contribution in [0.5, 0.6) is 0 Å². The first kappa shape index (κ1) is 21.3. The SMILES string of the molecule is CC(C)(C)c1ccc(NC(=O)N2CCC(S(=O)(=O)c3ccc(F)cc3)CC2)cc1. The zero-order chi connectivity index (χ0) is 21.2. The molecule has 1 aliphatic heterocycles. The number of nitrogens with zero attached hydrogens (tertiary/aromatic N) is 1. The van der Waals surface area contributed by atoms with Crippen LogP contribution in [0.15, 0.2) is 53.4 Å². The Bertz CT molecular complexity index is 957. The monoisotopic (exact) mass is 418 g/mol. The van der Waals surface area contributed by atoms with Crippen molar-refractivity contribution in [3.05, 3.63) is 59.9 Å².